The summed E-state index contributed by atoms with van der Waals surface area (Å²) in [5.41, 5.74) is -10.4. The van der Waals surface area contributed by atoms with Crippen molar-refractivity contribution in [1.82, 2.24) is 4.98 Å². The van der Waals surface area contributed by atoms with E-state index < -0.39 is 138 Å². The molecule has 6 rings (SSSR count). The Kier molecular flexibility index (Phi) is 12.3. The van der Waals surface area contributed by atoms with Gasteiger partial charge < -0.3 is 47.7 Å². The summed E-state index contributed by atoms with van der Waals surface area (Å²) in [6.07, 6.45) is -10.8. The molecule has 3 heterocycles. The van der Waals surface area contributed by atoms with Gasteiger partial charge in [-0.25, -0.2) is 9.59 Å². The van der Waals surface area contributed by atoms with Crippen LogP contribution in [0.2, 0.25) is 0 Å². The van der Waals surface area contributed by atoms with Crippen LogP contribution < -0.4 is 0 Å². The predicted molar refractivity (Wildman–Crippen MR) is 205 cm³/mol. The standard InChI is InChI=1S/C43H49NO18/c1-20-21(2)37(50)61-34-32(57-24(5)47)36(59-26(7)49)42(19-54-22(3)45)35(58-25(6)48)31(56-23(4)46)29-33(60-38(51)27-14-11-10-12-15-27)43(42,41(34,9)53)62-40(29,8)18-55-39(52)28-16-13-17-44-30(20)28/h10-17,20-21,29,31-36,53H,18-19H2,1-9H3/t20?,21?,29-,31-,32+,33-,34+,35-,36+,40+,41+,42-,43+/m1/s1. The molecule has 1 N–H and O–H groups in total. The Morgan fingerprint density at radius 2 is 1.32 bits per heavy atom. The maximum absolute atomic E-state index is 14.5. The number of carbonyl (C=O) groups is 8. The topological polar surface area (TPSA) is 253 Å². The highest BCUT2D eigenvalue weighted by molar-refractivity contribution is 5.91. The van der Waals surface area contributed by atoms with E-state index in [0.29, 0.717) is 0 Å². The van der Waals surface area contributed by atoms with Gasteiger partial charge >= 0.3 is 47.8 Å². The number of nitrogens with zero attached hydrogens (tertiary/aromatic N) is 1. The van der Waals surface area contributed by atoms with Gasteiger partial charge in [-0.05, 0) is 38.1 Å². The molecule has 2 aliphatic carbocycles. The summed E-state index contributed by atoms with van der Waals surface area (Å²) in [5, 5.41) is 13.7. The Bertz CT molecular complexity index is 2160. The molecule has 2 aliphatic heterocycles. The van der Waals surface area contributed by atoms with Crippen molar-refractivity contribution in [2.45, 2.75) is 122 Å². The number of cyclic esters (lactones) is 1. The highest BCUT2D eigenvalue weighted by Gasteiger charge is 2.92. The highest BCUT2D eigenvalue weighted by Crippen LogP contribution is 2.70. The van der Waals surface area contributed by atoms with Crippen molar-refractivity contribution in [2.24, 2.45) is 17.3 Å². The summed E-state index contributed by atoms with van der Waals surface area (Å²) in [6, 6.07) is 10.4. The number of hydrogen-bond donors (Lipinski definition) is 1. The molecule has 2 saturated carbocycles. The van der Waals surface area contributed by atoms with Crippen molar-refractivity contribution in [3.8, 4) is 0 Å². The monoisotopic (exact) mass is 867 g/mol. The van der Waals surface area contributed by atoms with Crippen LogP contribution in [0.5, 0.6) is 0 Å². The summed E-state index contributed by atoms with van der Waals surface area (Å²) in [5.74, 6) is -11.9. The van der Waals surface area contributed by atoms with E-state index in [0.717, 1.165) is 41.5 Å². The van der Waals surface area contributed by atoms with Crippen LogP contribution in [0.4, 0.5) is 0 Å². The molecule has 19 nitrogen and oxygen atoms in total. The molecule has 1 spiro atoms. The Balaban J connectivity index is 1.81. The van der Waals surface area contributed by atoms with E-state index in [4.69, 9.17) is 42.6 Å². The number of ether oxygens (including phenoxy) is 9. The van der Waals surface area contributed by atoms with Crippen LogP contribution in [0.15, 0.2) is 48.7 Å². The zero-order valence-electron chi connectivity index (χ0n) is 35.6. The largest absolute Gasteiger partial charge is 0.465 e. The fourth-order valence-corrected chi connectivity index (χ4v) is 9.83. The summed E-state index contributed by atoms with van der Waals surface area (Å²) in [6.45, 7) is 8.64. The number of esters is 8. The molecule has 4 bridgehead atoms. The molecular weight excluding hydrogens is 818 g/mol. The third-order valence-electron chi connectivity index (χ3n) is 12.4. The van der Waals surface area contributed by atoms with Gasteiger partial charge in [0.25, 0.3) is 0 Å². The van der Waals surface area contributed by atoms with E-state index in [1.165, 1.54) is 56.4 Å². The van der Waals surface area contributed by atoms with Gasteiger partial charge in [-0.15, -0.1) is 0 Å². The lowest BCUT2D eigenvalue weighted by Gasteiger charge is -2.67. The number of benzene rings is 1. The molecule has 334 valence electrons. The molecule has 13 atom stereocenters. The first kappa shape index (κ1) is 45.6. The minimum absolute atomic E-state index is 0.0290. The van der Waals surface area contributed by atoms with Crippen LogP contribution in [0.3, 0.4) is 0 Å². The maximum Gasteiger partial charge on any atom is 0.340 e. The quantitative estimate of drug-likeness (QED) is 0.295. The molecule has 1 saturated heterocycles. The van der Waals surface area contributed by atoms with Gasteiger partial charge in [0.15, 0.2) is 30.0 Å². The van der Waals surface area contributed by atoms with Crippen LogP contribution in [0.25, 0.3) is 0 Å². The van der Waals surface area contributed by atoms with Gasteiger partial charge in [-0.2, -0.15) is 0 Å². The van der Waals surface area contributed by atoms with Crippen LogP contribution in [-0.2, 0) is 71.4 Å². The van der Waals surface area contributed by atoms with Gasteiger partial charge in [0.05, 0.1) is 28.7 Å². The van der Waals surface area contributed by atoms with Gasteiger partial charge in [0.2, 0.25) is 0 Å². The first-order valence-electron chi connectivity index (χ1n) is 19.9. The third-order valence-corrected chi connectivity index (χ3v) is 12.4. The maximum atomic E-state index is 14.5. The van der Waals surface area contributed by atoms with Crippen molar-refractivity contribution in [1.29, 1.82) is 0 Å². The first-order valence-corrected chi connectivity index (χ1v) is 19.9. The second-order valence-corrected chi connectivity index (χ2v) is 16.5. The van der Waals surface area contributed by atoms with Gasteiger partial charge in [0.1, 0.15) is 42.0 Å². The molecule has 19 heteroatoms. The molecule has 1 aromatic heterocycles. The van der Waals surface area contributed by atoms with Crippen molar-refractivity contribution >= 4 is 47.8 Å². The van der Waals surface area contributed by atoms with E-state index in [1.807, 2.05) is 0 Å². The molecule has 1 aromatic carbocycles. The van der Waals surface area contributed by atoms with Crippen LogP contribution in [0, 0.1) is 17.3 Å². The predicted octanol–water partition coefficient (Wildman–Crippen LogP) is 2.33. The molecule has 4 aliphatic rings. The number of rotatable bonds is 8. The Morgan fingerprint density at radius 1 is 0.742 bits per heavy atom. The van der Waals surface area contributed by atoms with E-state index >= 15 is 0 Å². The number of aromatic nitrogens is 1. The lowest BCUT2D eigenvalue weighted by Crippen LogP contribution is -2.89. The summed E-state index contributed by atoms with van der Waals surface area (Å²) < 4.78 is 55.4. The molecule has 0 radical (unpaired) electrons. The summed E-state index contributed by atoms with van der Waals surface area (Å²) >= 11 is 0. The third kappa shape index (κ3) is 7.43. The molecule has 0 amide bonds. The van der Waals surface area contributed by atoms with Crippen LogP contribution in [-0.4, -0.2) is 124 Å². The van der Waals surface area contributed by atoms with E-state index in [2.05, 4.69) is 4.98 Å². The average Bonchev–Trinajstić information content (AvgIpc) is 3.42. The van der Waals surface area contributed by atoms with Gasteiger partial charge in [0, 0.05) is 46.7 Å². The van der Waals surface area contributed by atoms with Gasteiger partial charge in [-0.3, -0.25) is 33.8 Å². The Labute approximate surface area is 355 Å². The second kappa shape index (κ2) is 16.7. The summed E-state index contributed by atoms with van der Waals surface area (Å²) in [7, 11) is 0. The SMILES string of the molecule is CC(=O)OC[C@]12[C@H](OC(C)=O)[C@H](OC(C)=O)[C@@H]3[C@@H](OC(=O)c4ccccc4)[C@@]14O[C@@]3(C)COC(=O)c1cccnc1C(C)C(C)C(=O)O[C@@H]([C@H](OC(C)=O)[C@@H]2OC(C)=O)[C@]4(C)O. The van der Waals surface area contributed by atoms with Gasteiger partial charge in [-0.1, -0.05) is 32.0 Å². The zero-order chi connectivity index (χ0) is 45.7. The smallest absolute Gasteiger partial charge is 0.340 e. The normalized spacial score (nSPS) is 36.0. The van der Waals surface area contributed by atoms with Crippen molar-refractivity contribution in [2.75, 3.05) is 13.2 Å². The molecular formula is C43H49NO18. The van der Waals surface area contributed by atoms with Crippen molar-refractivity contribution in [3.05, 3.63) is 65.5 Å². The van der Waals surface area contributed by atoms with E-state index in [9.17, 15) is 43.5 Å². The minimum atomic E-state index is -2.87. The van der Waals surface area contributed by atoms with Crippen LogP contribution in [0.1, 0.15) is 94.6 Å². The Hall–Kier alpha value is -5.95. The number of pyridine rings is 1. The zero-order valence-corrected chi connectivity index (χ0v) is 35.6. The molecule has 62 heavy (non-hydrogen) atoms. The lowest BCUT2D eigenvalue weighted by atomic mass is 9.45. The van der Waals surface area contributed by atoms with Crippen LogP contribution >= 0.6 is 0 Å². The highest BCUT2D eigenvalue weighted by atomic mass is 16.7. The number of fused-ring (bicyclic) bond motifs is 5. The first-order chi connectivity index (χ1) is 29.0. The Morgan fingerprint density at radius 3 is 1.90 bits per heavy atom. The number of carbonyl (C=O) groups excluding carboxylic acids is 8. The summed E-state index contributed by atoms with van der Waals surface area (Å²) in [4.78, 5) is 114. The van der Waals surface area contributed by atoms with E-state index in [1.54, 1.807) is 13.0 Å². The second-order valence-electron chi connectivity index (χ2n) is 16.5. The fourth-order valence-electron chi connectivity index (χ4n) is 9.83. The lowest BCUT2D eigenvalue weighted by molar-refractivity contribution is -0.386. The molecule has 3 fully saturated rings. The average molecular weight is 868 g/mol. The number of hydrogen-bond acceptors (Lipinski definition) is 19. The van der Waals surface area contributed by atoms with Crippen molar-refractivity contribution < 1.29 is 86.1 Å². The van der Waals surface area contributed by atoms with Crippen molar-refractivity contribution in [3.63, 3.8) is 0 Å². The minimum Gasteiger partial charge on any atom is -0.465 e. The van der Waals surface area contributed by atoms with E-state index in [-0.39, 0.29) is 16.8 Å². The fraction of sp³-hybridized carbons (Fsp3) is 0.558. The molecule has 2 unspecified atom stereocenters. The molecule has 2 aromatic rings. The number of aliphatic hydroxyl groups is 1.